The lowest BCUT2D eigenvalue weighted by molar-refractivity contribution is 0.231. The van der Waals surface area contributed by atoms with Gasteiger partial charge in [-0.1, -0.05) is 0 Å². The minimum Gasteiger partial charge on any atom is -0.336 e. The molecule has 0 aliphatic carbocycles. The zero-order valence-electron chi connectivity index (χ0n) is 12.0. The molecule has 1 aromatic rings. The molecule has 108 valence electrons. The second kappa shape index (κ2) is 8.45. The first-order valence-electron chi connectivity index (χ1n) is 6.26. The fourth-order valence-electron chi connectivity index (χ4n) is 1.82. The summed E-state index contributed by atoms with van der Waals surface area (Å²) in [6.07, 6.45) is 2.04. The van der Waals surface area contributed by atoms with Gasteiger partial charge in [-0.2, -0.15) is 23.1 Å². The van der Waals surface area contributed by atoms with Crippen molar-refractivity contribution in [2.75, 3.05) is 32.6 Å². The Labute approximate surface area is 124 Å². The Balaban J connectivity index is 2.42. The quantitative estimate of drug-likeness (QED) is 0.813. The molecule has 2 atom stereocenters. The van der Waals surface area contributed by atoms with Crippen LogP contribution in [-0.4, -0.2) is 49.6 Å². The normalized spacial score (nSPS) is 14.2. The number of carbonyl (C=O) groups is 1. The van der Waals surface area contributed by atoms with E-state index in [1.165, 1.54) is 5.56 Å². The third-order valence-corrected chi connectivity index (χ3v) is 4.34. The summed E-state index contributed by atoms with van der Waals surface area (Å²) in [7, 11) is 4.05. The molecule has 2 N–H and O–H groups in total. The van der Waals surface area contributed by atoms with Gasteiger partial charge in [0.25, 0.3) is 0 Å². The van der Waals surface area contributed by atoms with Gasteiger partial charge in [-0.25, -0.2) is 4.79 Å². The van der Waals surface area contributed by atoms with Crippen molar-refractivity contribution in [1.29, 1.82) is 0 Å². The van der Waals surface area contributed by atoms with E-state index in [9.17, 15) is 4.79 Å². The molecular weight excluding hydrogens is 278 g/mol. The second-order valence-corrected chi connectivity index (χ2v) is 6.44. The highest BCUT2D eigenvalue weighted by Crippen LogP contribution is 2.19. The van der Waals surface area contributed by atoms with Crippen LogP contribution in [0.5, 0.6) is 0 Å². The minimum absolute atomic E-state index is 0.0939. The standard InChI is InChI=1S/C13H23N3OS2/c1-10(8-18-4)15-13(17)14-7-12(16(2)3)11-5-6-19-9-11/h5-6,9-10,12H,7-8H2,1-4H3,(H2,14,15,17)/t10-,12-/m0/s1. The molecule has 0 aromatic carbocycles. The zero-order valence-corrected chi connectivity index (χ0v) is 13.6. The van der Waals surface area contributed by atoms with Gasteiger partial charge < -0.3 is 15.5 Å². The summed E-state index contributed by atoms with van der Waals surface area (Å²) < 4.78 is 0. The molecule has 0 aliphatic heterocycles. The number of thiophene rings is 1. The summed E-state index contributed by atoms with van der Waals surface area (Å²) in [5.74, 6) is 0.926. The molecule has 0 unspecified atom stereocenters. The molecule has 0 bridgehead atoms. The van der Waals surface area contributed by atoms with E-state index in [2.05, 4.69) is 32.4 Å². The average Bonchev–Trinajstić information content (AvgIpc) is 2.82. The van der Waals surface area contributed by atoms with Gasteiger partial charge >= 0.3 is 6.03 Å². The molecule has 0 spiro atoms. The number of hydrogen-bond donors (Lipinski definition) is 2. The van der Waals surface area contributed by atoms with Crippen molar-refractivity contribution in [2.45, 2.75) is 19.0 Å². The van der Waals surface area contributed by atoms with Crippen molar-refractivity contribution in [3.63, 3.8) is 0 Å². The van der Waals surface area contributed by atoms with Gasteiger partial charge in [0.05, 0.1) is 6.04 Å². The van der Waals surface area contributed by atoms with E-state index in [1.807, 2.05) is 27.3 Å². The number of nitrogens with one attached hydrogen (secondary N) is 2. The van der Waals surface area contributed by atoms with Crippen LogP contribution in [0.3, 0.4) is 0 Å². The summed E-state index contributed by atoms with van der Waals surface area (Å²) in [5.41, 5.74) is 1.24. The molecule has 0 radical (unpaired) electrons. The monoisotopic (exact) mass is 301 g/mol. The summed E-state index contributed by atoms with van der Waals surface area (Å²) >= 11 is 3.41. The van der Waals surface area contributed by atoms with Gasteiger partial charge in [-0.15, -0.1) is 0 Å². The van der Waals surface area contributed by atoms with Crippen LogP contribution in [0.1, 0.15) is 18.5 Å². The Kier molecular flexibility index (Phi) is 7.27. The van der Waals surface area contributed by atoms with E-state index in [-0.39, 0.29) is 18.1 Å². The van der Waals surface area contributed by atoms with Crippen LogP contribution in [0.15, 0.2) is 16.8 Å². The summed E-state index contributed by atoms with van der Waals surface area (Å²) in [5, 5.41) is 10.1. The van der Waals surface area contributed by atoms with Gasteiger partial charge in [0.1, 0.15) is 0 Å². The van der Waals surface area contributed by atoms with E-state index in [4.69, 9.17) is 0 Å². The van der Waals surface area contributed by atoms with E-state index >= 15 is 0 Å². The van der Waals surface area contributed by atoms with Crippen LogP contribution in [0, 0.1) is 0 Å². The van der Waals surface area contributed by atoms with Crippen LogP contribution in [0.2, 0.25) is 0 Å². The van der Waals surface area contributed by atoms with Crippen LogP contribution < -0.4 is 10.6 Å². The van der Waals surface area contributed by atoms with E-state index in [0.717, 1.165) is 5.75 Å². The minimum atomic E-state index is -0.0939. The van der Waals surface area contributed by atoms with Crippen molar-refractivity contribution >= 4 is 29.1 Å². The Morgan fingerprint density at radius 2 is 2.26 bits per heavy atom. The first-order chi connectivity index (χ1) is 9.04. The number of carbonyl (C=O) groups excluding carboxylic acids is 1. The fraction of sp³-hybridized carbons (Fsp3) is 0.615. The number of urea groups is 1. The molecular formula is C13H23N3OS2. The third-order valence-electron chi connectivity index (χ3n) is 2.80. The lowest BCUT2D eigenvalue weighted by atomic mass is 10.1. The third kappa shape index (κ3) is 5.84. The molecule has 2 amide bonds. The number of nitrogens with zero attached hydrogens (tertiary/aromatic N) is 1. The molecule has 0 fully saturated rings. The molecule has 6 heteroatoms. The van der Waals surface area contributed by atoms with Crippen molar-refractivity contribution in [1.82, 2.24) is 15.5 Å². The first-order valence-corrected chi connectivity index (χ1v) is 8.60. The number of amides is 2. The second-order valence-electron chi connectivity index (χ2n) is 4.75. The first kappa shape index (κ1) is 16.3. The number of hydrogen-bond acceptors (Lipinski definition) is 4. The van der Waals surface area contributed by atoms with Gasteiger partial charge in [0, 0.05) is 18.3 Å². The van der Waals surface area contributed by atoms with Crippen molar-refractivity contribution in [3.05, 3.63) is 22.4 Å². The topological polar surface area (TPSA) is 44.4 Å². The Morgan fingerprint density at radius 3 is 2.79 bits per heavy atom. The van der Waals surface area contributed by atoms with Gasteiger partial charge in [0.15, 0.2) is 0 Å². The highest BCUT2D eigenvalue weighted by atomic mass is 32.2. The number of rotatable bonds is 7. The maximum Gasteiger partial charge on any atom is 0.315 e. The van der Waals surface area contributed by atoms with Crippen molar-refractivity contribution in [2.24, 2.45) is 0 Å². The molecule has 4 nitrogen and oxygen atoms in total. The number of likely N-dealkylation sites (N-methyl/N-ethyl adjacent to an activating group) is 1. The molecule has 1 aromatic heterocycles. The summed E-state index contributed by atoms with van der Waals surface area (Å²) in [4.78, 5) is 13.9. The van der Waals surface area contributed by atoms with Gasteiger partial charge in [-0.05, 0) is 49.7 Å². The average molecular weight is 301 g/mol. The van der Waals surface area contributed by atoms with Crippen LogP contribution in [0.4, 0.5) is 4.79 Å². The fourth-order valence-corrected chi connectivity index (χ4v) is 3.11. The molecule has 1 rings (SSSR count). The van der Waals surface area contributed by atoms with E-state index in [1.54, 1.807) is 23.1 Å². The van der Waals surface area contributed by atoms with Crippen LogP contribution in [0.25, 0.3) is 0 Å². The zero-order chi connectivity index (χ0) is 14.3. The van der Waals surface area contributed by atoms with E-state index in [0.29, 0.717) is 6.54 Å². The van der Waals surface area contributed by atoms with Crippen LogP contribution >= 0.6 is 23.1 Å². The SMILES string of the molecule is CSC[C@H](C)NC(=O)NC[C@@H](c1ccsc1)N(C)C. The van der Waals surface area contributed by atoms with Gasteiger partial charge in [-0.3, -0.25) is 0 Å². The Bertz CT molecular complexity index is 368. The molecule has 0 saturated heterocycles. The highest BCUT2D eigenvalue weighted by Gasteiger charge is 2.16. The maximum absolute atomic E-state index is 11.8. The van der Waals surface area contributed by atoms with Gasteiger partial charge in [0.2, 0.25) is 0 Å². The molecule has 0 aliphatic rings. The van der Waals surface area contributed by atoms with Crippen LogP contribution in [-0.2, 0) is 0 Å². The Morgan fingerprint density at radius 1 is 1.53 bits per heavy atom. The van der Waals surface area contributed by atoms with E-state index < -0.39 is 0 Å². The molecule has 0 saturated carbocycles. The lowest BCUT2D eigenvalue weighted by Crippen LogP contribution is -2.44. The summed E-state index contributed by atoms with van der Waals surface area (Å²) in [6.45, 7) is 2.62. The molecule has 19 heavy (non-hydrogen) atoms. The smallest absolute Gasteiger partial charge is 0.315 e. The van der Waals surface area contributed by atoms with Crippen molar-refractivity contribution < 1.29 is 4.79 Å². The number of thioether (sulfide) groups is 1. The Hall–Kier alpha value is -0.720. The maximum atomic E-state index is 11.8. The largest absolute Gasteiger partial charge is 0.336 e. The predicted molar refractivity (Wildman–Crippen MR) is 85.1 cm³/mol. The predicted octanol–water partition coefficient (Wildman–Crippen LogP) is 2.40. The molecule has 1 heterocycles. The highest BCUT2D eigenvalue weighted by molar-refractivity contribution is 7.98. The van der Waals surface area contributed by atoms with Crippen molar-refractivity contribution in [3.8, 4) is 0 Å². The summed E-state index contributed by atoms with van der Waals surface area (Å²) in [6, 6.07) is 2.41. The lowest BCUT2D eigenvalue weighted by Gasteiger charge is -2.24.